The van der Waals surface area contributed by atoms with Gasteiger partial charge >= 0.3 is 0 Å². The summed E-state index contributed by atoms with van der Waals surface area (Å²) in [5, 5.41) is 2.99. The lowest BCUT2D eigenvalue weighted by Gasteiger charge is -2.24. The fourth-order valence-electron chi connectivity index (χ4n) is 1.91. The van der Waals surface area contributed by atoms with Gasteiger partial charge in [-0.2, -0.15) is 0 Å². The van der Waals surface area contributed by atoms with Gasteiger partial charge in [0.1, 0.15) is 0 Å². The van der Waals surface area contributed by atoms with E-state index in [1.165, 1.54) is 0 Å². The normalized spacial score (nSPS) is 21.6. The van der Waals surface area contributed by atoms with Crippen molar-refractivity contribution in [1.29, 1.82) is 0 Å². The van der Waals surface area contributed by atoms with Gasteiger partial charge < -0.3 is 15.0 Å². The molecule has 0 aromatic carbocycles. The maximum atomic E-state index is 11.7. The highest BCUT2D eigenvalue weighted by molar-refractivity contribution is 5.77. The number of rotatable bonds is 5. The number of nitrogens with one attached hydrogen (secondary N) is 1. The van der Waals surface area contributed by atoms with Crippen LogP contribution in [0.25, 0.3) is 0 Å². The molecule has 0 radical (unpaired) electrons. The second-order valence-corrected chi connectivity index (χ2v) is 3.69. The molecule has 1 aliphatic rings. The molecule has 1 heterocycles. The van der Waals surface area contributed by atoms with Crippen molar-refractivity contribution in [3.05, 3.63) is 0 Å². The van der Waals surface area contributed by atoms with Gasteiger partial charge in [-0.15, -0.1) is 0 Å². The van der Waals surface area contributed by atoms with Gasteiger partial charge in [-0.25, -0.2) is 0 Å². The maximum absolute atomic E-state index is 11.7. The zero-order chi connectivity index (χ0) is 10.4. The van der Waals surface area contributed by atoms with Crippen molar-refractivity contribution >= 4 is 5.91 Å². The molecule has 1 amide bonds. The molecule has 1 aliphatic heterocycles. The molecule has 0 unspecified atom stereocenters. The number of hydrogen-bond donors (Lipinski definition) is 1. The Kier molecular flexibility index (Phi) is 4.90. The highest BCUT2D eigenvalue weighted by Gasteiger charge is 2.27. The van der Waals surface area contributed by atoms with Crippen molar-refractivity contribution in [2.45, 2.75) is 25.3 Å². The lowest BCUT2D eigenvalue weighted by atomic mass is 10.2. The quantitative estimate of drug-likeness (QED) is 0.691. The molecule has 0 aromatic heterocycles. The van der Waals surface area contributed by atoms with Crippen LogP contribution < -0.4 is 5.32 Å². The van der Waals surface area contributed by atoms with E-state index >= 15 is 0 Å². The fourth-order valence-corrected chi connectivity index (χ4v) is 1.91. The van der Waals surface area contributed by atoms with Gasteiger partial charge in [-0.1, -0.05) is 0 Å². The number of carbonyl (C=O) groups excluding carboxylic acids is 1. The molecular weight excluding hydrogens is 180 g/mol. The summed E-state index contributed by atoms with van der Waals surface area (Å²) < 4.78 is 5.10. The van der Waals surface area contributed by atoms with E-state index in [4.69, 9.17) is 4.74 Å². The molecule has 14 heavy (non-hydrogen) atoms. The Bertz CT molecular complexity index is 185. The molecule has 0 bridgehead atoms. The molecule has 0 aliphatic carbocycles. The number of methoxy groups -OCH3 is 1. The standard InChI is InChI=1S/C10H20N2O2/c1-11-6-5-10(13)12-7-3-4-9(12)8-14-2/h9,11H,3-8H2,1-2H3/t9-/m1/s1. The average molecular weight is 200 g/mol. The Balaban J connectivity index is 2.36. The average Bonchev–Trinajstić information content (AvgIpc) is 2.63. The van der Waals surface area contributed by atoms with E-state index < -0.39 is 0 Å². The van der Waals surface area contributed by atoms with Crippen LogP contribution in [0, 0.1) is 0 Å². The van der Waals surface area contributed by atoms with Crippen LogP contribution in [0.2, 0.25) is 0 Å². The first-order valence-electron chi connectivity index (χ1n) is 5.22. The first-order chi connectivity index (χ1) is 6.79. The van der Waals surface area contributed by atoms with Crippen molar-refractivity contribution in [1.82, 2.24) is 10.2 Å². The largest absolute Gasteiger partial charge is 0.383 e. The molecule has 1 atom stereocenters. The van der Waals surface area contributed by atoms with Crippen LogP contribution in [0.1, 0.15) is 19.3 Å². The minimum Gasteiger partial charge on any atom is -0.383 e. The summed E-state index contributed by atoms with van der Waals surface area (Å²) in [6, 6.07) is 0.310. The van der Waals surface area contributed by atoms with Crippen molar-refractivity contribution in [3.63, 3.8) is 0 Å². The van der Waals surface area contributed by atoms with Gasteiger partial charge in [0.05, 0.1) is 12.6 Å². The van der Waals surface area contributed by atoms with E-state index in [1.807, 2.05) is 11.9 Å². The van der Waals surface area contributed by atoms with E-state index in [-0.39, 0.29) is 5.91 Å². The minimum atomic E-state index is 0.249. The van der Waals surface area contributed by atoms with Gasteiger partial charge in [-0.05, 0) is 19.9 Å². The summed E-state index contributed by atoms with van der Waals surface area (Å²) >= 11 is 0. The van der Waals surface area contributed by atoms with E-state index in [0.717, 1.165) is 25.9 Å². The first-order valence-corrected chi connectivity index (χ1v) is 5.22. The molecule has 4 nitrogen and oxygen atoms in total. The molecule has 82 valence electrons. The van der Waals surface area contributed by atoms with Crippen LogP contribution in [0.5, 0.6) is 0 Å². The molecule has 1 rings (SSSR count). The molecular formula is C10H20N2O2. The zero-order valence-corrected chi connectivity index (χ0v) is 9.08. The third-order valence-electron chi connectivity index (χ3n) is 2.65. The summed E-state index contributed by atoms with van der Waals surface area (Å²) in [6.07, 6.45) is 2.79. The third kappa shape index (κ3) is 2.96. The van der Waals surface area contributed by atoms with Crippen LogP contribution in [-0.4, -0.2) is 50.7 Å². The van der Waals surface area contributed by atoms with Crippen LogP contribution in [0.15, 0.2) is 0 Å². The molecule has 0 spiro atoms. The van der Waals surface area contributed by atoms with Crippen molar-refractivity contribution in [2.24, 2.45) is 0 Å². The Morgan fingerprint density at radius 2 is 2.43 bits per heavy atom. The molecule has 0 saturated carbocycles. The Labute approximate surface area is 85.6 Å². The predicted octanol–water partition coefficient (Wildman–Crippen LogP) is 0.233. The number of likely N-dealkylation sites (tertiary alicyclic amines) is 1. The summed E-state index contributed by atoms with van der Waals surface area (Å²) in [7, 11) is 3.55. The topological polar surface area (TPSA) is 41.6 Å². The molecule has 4 heteroatoms. The van der Waals surface area contributed by atoms with E-state index in [0.29, 0.717) is 19.1 Å². The molecule has 0 aromatic rings. The second-order valence-electron chi connectivity index (χ2n) is 3.69. The Hall–Kier alpha value is -0.610. The minimum absolute atomic E-state index is 0.249. The van der Waals surface area contributed by atoms with Gasteiger partial charge in [0, 0.05) is 26.6 Å². The second kappa shape index (κ2) is 5.98. The van der Waals surface area contributed by atoms with E-state index in [2.05, 4.69) is 5.32 Å². The number of nitrogens with zero attached hydrogens (tertiary/aromatic N) is 1. The summed E-state index contributed by atoms with van der Waals surface area (Å²) in [6.45, 7) is 2.33. The summed E-state index contributed by atoms with van der Waals surface area (Å²) in [5.41, 5.74) is 0. The van der Waals surface area contributed by atoms with Gasteiger partial charge in [-0.3, -0.25) is 4.79 Å². The zero-order valence-electron chi connectivity index (χ0n) is 9.08. The number of amides is 1. The van der Waals surface area contributed by atoms with Gasteiger partial charge in [0.15, 0.2) is 0 Å². The SMILES string of the molecule is CNCCC(=O)N1CCC[C@@H]1COC. The fraction of sp³-hybridized carbons (Fsp3) is 0.900. The van der Waals surface area contributed by atoms with Crippen molar-refractivity contribution in [2.75, 3.05) is 33.9 Å². The molecule has 1 fully saturated rings. The highest BCUT2D eigenvalue weighted by atomic mass is 16.5. The number of ether oxygens (including phenoxy) is 1. The molecule has 1 saturated heterocycles. The van der Waals surface area contributed by atoms with E-state index in [9.17, 15) is 4.79 Å². The molecule has 1 N–H and O–H groups in total. The van der Waals surface area contributed by atoms with Crippen molar-refractivity contribution < 1.29 is 9.53 Å². The van der Waals surface area contributed by atoms with Crippen LogP contribution >= 0.6 is 0 Å². The maximum Gasteiger partial charge on any atom is 0.224 e. The van der Waals surface area contributed by atoms with Crippen molar-refractivity contribution in [3.8, 4) is 0 Å². The van der Waals surface area contributed by atoms with Crippen LogP contribution in [0.4, 0.5) is 0 Å². The summed E-state index contributed by atoms with van der Waals surface area (Å²) in [5.74, 6) is 0.249. The third-order valence-corrected chi connectivity index (χ3v) is 2.65. The van der Waals surface area contributed by atoms with Crippen LogP contribution in [0.3, 0.4) is 0 Å². The smallest absolute Gasteiger partial charge is 0.224 e. The summed E-state index contributed by atoms with van der Waals surface area (Å²) in [4.78, 5) is 13.7. The van der Waals surface area contributed by atoms with Crippen LogP contribution in [-0.2, 0) is 9.53 Å². The van der Waals surface area contributed by atoms with E-state index in [1.54, 1.807) is 7.11 Å². The lowest BCUT2D eigenvalue weighted by Crippen LogP contribution is -2.39. The monoisotopic (exact) mass is 200 g/mol. The number of carbonyl (C=O) groups is 1. The Morgan fingerprint density at radius 1 is 1.64 bits per heavy atom. The predicted molar refractivity (Wildman–Crippen MR) is 55.2 cm³/mol. The number of hydrogen-bond acceptors (Lipinski definition) is 3. The Morgan fingerprint density at radius 3 is 3.07 bits per heavy atom. The highest BCUT2D eigenvalue weighted by Crippen LogP contribution is 2.18. The van der Waals surface area contributed by atoms with Gasteiger partial charge in [0.25, 0.3) is 0 Å². The lowest BCUT2D eigenvalue weighted by molar-refractivity contribution is -0.132. The first kappa shape index (κ1) is 11.5. The van der Waals surface area contributed by atoms with Gasteiger partial charge in [0.2, 0.25) is 5.91 Å².